The summed E-state index contributed by atoms with van der Waals surface area (Å²) < 4.78 is 0. The van der Waals surface area contributed by atoms with E-state index >= 15 is 0 Å². The van der Waals surface area contributed by atoms with Gasteiger partial charge in [0.25, 0.3) is 0 Å². The molecule has 0 aromatic carbocycles. The van der Waals surface area contributed by atoms with E-state index in [1.807, 2.05) is 5.32 Å². The van der Waals surface area contributed by atoms with Crippen molar-refractivity contribution in [3.8, 4) is 0 Å². The maximum Gasteiger partial charge on any atom is 0.220 e. The largest absolute Gasteiger partial charge is 0.550 e. The highest BCUT2D eigenvalue weighted by Gasteiger charge is 1.99. The monoisotopic (exact) mass is 185 g/mol. The van der Waals surface area contributed by atoms with Gasteiger partial charge in [0, 0.05) is 25.5 Å². The third-order valence-electron chi connectivity index (χ3n) is 1.05. The van der Waals surface area contributed by atoms with Crippen LogP contribution in [0.25, 0.3) is 0 Å². The molecule has 72 valence electrons. The Morgan fingerprint density at radius 2 is 1.85 bits per heavy atom. The molecule has 0 aliphatic rings. The number of carboxylic acid groups (broad SMARTS) is 2. The molecular formula is C7H7NO5-2. The van der Waals surface area contributed by atoms with Crippen LogP contribution in [0.5, 0.6) is 0 Å². The first-order valence-electron chi connectivity index (χ1n) is 3.31. The van der Waals surface area contributed by atoms with Crippen LogP contribution in [-0.4, -0.2) is 17.8 Å². The van der Waals surface area contributed by atoms with Gasteiger partial charge < -0.3 is 25.1 Å². The Bertz CT molecular complexity index is 268. The van der Waals surface area contributed by atoms with Gasteiger partial charge >= 0.3 is 0 Å². The molecule has 0 aromatic heterocycles. The van der Waals surface area contributed by atoms with Crippen molar-refractivity contribution in [3.05, 3.63) is 11.8 Å². The number of hydrogen-bond acceptors (Lipinski definition) is 5. The van der Waals surface area contributed by atoms with Crippen LogP contribution in [0.3, 0.4) is 0 Å². The summed E-state index contributed by atoms with van der Waals surface area (Å²) in [5, 5.41) is 22.2. The summed E-state index contributed by atoms with van der Waals surface area (Å²) in [6.07, 6.45) is -0.0317. The van der Waals surface area contributed by atoms with Crippen LogP contribution in [0, 0.1) is 0 Å². The fourth-order valence-corrected chi connectivity index (χ4v) is 0.526. The molecule has 6 nitrogen and oxygen atoms in total. The number of amides is 1. The summed E-state index contributed by atoms with van der Waals surface area (Å²) in [6, 6.07) is 0. The topological polar surface area (TPSA) is 109 Å². The quantitative estimate of drug-likeness (QED) is 0.466. The summed E-state index contributed by atoms with van der Waals surface area (Å²) in [5.41, 5.74) is -0.546. The lowest BCUT2D eigenvalue weighted by Crippen LogP contribution is -2.31. The van der Waals surface area contributed by atoms with Crippen molar-refractivity contribution in [2.75, 3.05) is 0 Å². The average Bonchev–Trinajstić information content (AvgIpc) is 1.96. The molecule has 1 amide bonds. The molecule has 0 bridgehead atoms. The maximum atomic E-state index is 10.3. The van der Waals surface area contributed by atoms with Crippen LogP contribution >= 0.6 is 0 Å². The van der Waals surface area contributed by atoms with Gasteiger partial charge in [0.05, 0.1) is 5.97 Å². The third kappa shape index (κ3) is 5.42. The molecule has 0 saturated carbocycles. The number of carboxylic acids is 2. The van der Waals surface area contributed by atoms with Crippen LogP contribution in [-0.2, 0) is 14.4 Å². The minimum Gasteiger partial charge on any atom is -0.550 e. The second kappa shape index (κ2) is 4.91. The number of carbonyl (C=O) groups is 3. The Hall–Kier alpha value is -1.85. The van der Waals surface area contributed by atoms with Crippen molar-refractivity contribution in [3.63, 3.8) is 0 Å². The Morgan fingerprint density at radius 3 is 2.15 bits per heavy atom. The lowest BCUT2D eigenvalue weighted by Gasteiger charge is -2.08. The molecule has 0 fully saturated rings. The summed E-state index contributed by atoms with van der Waals surface area (Å²) in [4.78, 5) is 30.6. The summed E-state index contributed by atoms with van der Waals surface area (Å²) in [6.45, 7) is 1.16. The minimum absolute atomic E-state index is 0.503. The van der Waals surface area contributed by atoms with Gasteiger partial charge in [-0.3, -0.25) is 4.79 Å². The zero-order valence-electron chi connectivity index (χ0n) is 6.83. The zero-order chi connectivity index (χ0) is 10.4. The molecular weight excluding hydrogens is 178 g/mol. The molecule has 0 atom stereocenters. The highest BCUT2D eigenvalue weighted by Crippen LogP contribution is 1.96. The molecule has 0 radical (unpaired) electrons. The second-order valence-corrected chi connectivity index (χ2v) is 2.21. The molecule has 0 unspecified atom stereocenters. The van der Waals surface area contributed by atoms with Gasteiger partial charge in [0.1, 0.15) is 0 Å². The van der Waals surface area contributed by atoms with Gasteiger partial charge in [-0.2, -0.15) is 0 Å². The molecule has 0 aliphatic heterocycles. The van der Waals surface area contributed by atoms with Crippen molar-refractivity contribution < 1.29 is 24.6 Å². The molecule has 0 aromatic rings. The molecule has 0 rings (SSSR count). The van der Waals surface area contributed by atoms with Gasteiger partial charge in [-0.1, -0.05) is 0 Å². The first kappa shape index (κ1) is 11.2. The molecule has 6 heteroatoms. The molecule has 0 spiro atoms. The maximum absolute atomic E-state index is 10.3. The smallest absolute Gasteiger partial charge is 0.220 e. The van der Waals surface area contributed by atoms with E-state index < -0.39 is 29.8 Å². The lowest BCUT2D eigenvalue weighted by molar-refractivity contribution is -0.309. The second-order valence-electron chi connectivity index (χ2n) is 2.21. The van der Waals surface area contributed by atoms with E-state index in [2.05, 4.69) is 0 Å². The van der Waals surface area contributed by atoms with Crippen LogP contribution < -0.4 is 15.5 Å². The Labute approximate surface area is 73.9 Å². The minimum atomic E-state index is -1.65. The molecule has 0 heterocycles. The van der Waals surface area contributed by atoms with E-state index in [1.54, 1.807) is 0 Å². The molecule has 1 N–H and O–H groups in total. The molecule has 13 heavy (non-hydrogen) atoms. The number of rotatable bonds is 4. The Balaban J connectivity index is 4.41. The molecule has 0 saturated heterocycles. The van der Waals surface area contributed by atoms with E-state index in [9.17, 15) is 24.6 Å². The Kier molecular flexibility index (Phi) is 4.21. The summed E-state index contributed by atoms with van der Waals surface area (Å²) in [7, 11) is 0. The highest BCUT2D eigenvalue weighted by atomic mass is 16.4. The standard InChI is InChI=1S/C7H9NO5/c1-4(9)8-3-5(7(12)13)2-6(10)11/h3H,2H2,1H3,(H,8,9)(H,10,11)(H,12,13)/p-2/b5-3+. The number of hydrogen-bond donors (Lipinski definition) is 1. The van der Waals surface area contributed by atoms with E-state index in [-0.39, 0.29) is 0 Å². The number of carbonyl (C=O) groups excluding carboxylic acids is 3. The van der Waals surface area contributed by atoms with Gasteiger partial charge in [-0.05, 0) is 5.57 Å². The van der Waals surface area contributed by atoms with Gasteiger partial charge in [0.15, 0.2) is 0 Å². The first-order valence-corrected chi connectivity index (χ1v) is 3.31. The number of nitrogens with one attached hydrogen (secondary N) is 1. The van der Waals surface area contributed by atoms with Crippen molar-refractivity contribution >= 4 is 17.8 Å². The van der Waals surface area contributed by atoms with Crippen LogP contribution in [0.1, 0.15) is 13.3 Å². The normalized spacial score (nSPS) is 10.7. The van der Waals surface area contributed by atoms with E-state index in [0.717, 1.165) is 13.1 Å². The lowest BCUT2D eigenvalue weighted by atomic mass is 10.2. The van der Waals surface area contributed by atoms with Crippen LogP contribution in [0.2, 0.25) is 0 Å². The van der Waals surface area contributed by atoms with Crippen LogP contribution in [0.15, 0.2) is 11.8 Å². The zero-order valence-corrected chi connectivity index (χ0v) is 6.83. The first-order chi connectivity index (χ1) is 5.93. The Morgan fingerprint density at radius 1 is 1.31 bits per heavy atom. The number of aliphatic carboxylic acids is 2. The van der Waals surface area contributed by atoms with Crippen molar-refractivity contribution in [1.29, 1.82) is 0 Å². The summed E-state index contributed by atoms with van der Waals surface area (Å²) >= 11 is 0. The SMILES string of the molecule is CC(=O)N/C=C(\CC(=O)[O-])C(=O)[O-]. The van der Waals surface area contributed by atoms with Gasteiger partial charge in [-0.15, -0.1) is 0 Å². The van der Waals surface area contributed by atoms with Gasteiger partial charge in [0.2, 0.25) is 5.91 Å². The third-order valence-corrected chi connectivity index (χ3v) is 1.05. The fraction of sp³-hybridized carbons (Fsp3) is 0.286. The van der Waals surface area contributed by atoms with E-state index in [1.165, 1.54) is 0 Å². The summed E-state index contributed by atoms with van der Waals surface area (Å²) in [5.74, 6) is -3.71. The highest BCUT2D eigenvalue weighted by molar-refractivity contribution is 5.90. The predicted molar refractivity (Wildman–Crippen MR) is 36.5 cm³/mol. The fourth-order valence-electron chi connectivity index (χ4n) is 0.526. The van der Waals surface area contributed by atoms with Gasteiger partial charge in [-0.25, -0.2) is 0 Å². The van der Waals surface area contributed by atoms with Crippen molar-refractivity contribution in [2.45, 2.75) is 13.3 Å². The predicted octanol–water partition coefficient (Wildman–Crippen LogP) is -3.10. The van der Waals surface area contributed by atoms with Crippen LogP contribution in [0.4, 0.5) is 0 Å². The van der Waals surface area contributed by atoms with E-state index in [4.69, 9.17) is 0 Å². The van der Waals surface area contributed by atoms with E-state index in [0.29, 0.717) is 0 Å². The average molecular weight is 185 g/mol. The van der Waals surface area contributed by atoms with Crippen molar-refractivity contribution in [2.24, 2.45) is 0 Å². The molecule has 0 aliphatic carbocycles. The van der Waals surface area contributed by atoms with Crippen molar-refractivity contribution in [1.82, 2.24) is 5.32 Å².